The molecule has 3 nitrogen and oxygen atoms in total. The van der Waals surface area contributed by atoms with Gasteiger partial charge in [-0.25, -0.2) is 4.98 Å². The van der Waals surface area contributed by atoms with E-state index >= 15 is 0 Å². The average molecular weight is 465 g/mol. The predicted molar refractivity (Wildman–Crippen MR) is 92.1 cm³/mol. The van der Waals surface area contributed by atoms with Crippen molar-refractivity contribution in [1.82, 2.24) is 9.97 Å². The van der Waals surface area contributed by atoms with Crippen molar-refractivity contribution in [2.45, 2.75) is 26.2 Å². The lowest BCUT2D eigenvalue weighted by atomic mass is 9.92. The lowest BCUT2D eigenvalue weighted by Gasteiger charge is -2.19. The first-order chi connectivity index (χ1) is 9.20. The van der Waals surface area contributed by atoms with Gasteiger partial charge in [-0.05, 0) is 59.9 Å². The summed E-state index contributed by atoms with van der Waals surface area (Å²) in [6.07, 6.45) is 0. The Morgan fingerprint density at radius 2 is 1.75 bits per heavy atom. The van der Waals surface area contributed by atoms with Gasteiger partial charge in [0, 0.05) is 19.9 Å². The monoisotopic (exact) mass is 462 g/mol. The maximum absolute atomic E-state index is 12.1. The van der Waals surface area contributed by atoms with Crippen LogP contribution in [0.15, 0.2) is 36.4 Å². The Kier molecular flexibility index (Phi) is 4.56. The van der Waals surface area contributed by atoms with Gasteiger partial charge in [0.15, 0.2) is 0 Å². The van der Waals surface area contributed by atoms with E-state index in [9.17, 15) is 4.79 Å². The van der Waals surface area contributed by atoms with Crippen molar-refractivity contribution in [1.29, 1.82) is 0 Å². The summed E-state index contributed by atoms with van der Waals surface area (Å²) >= 11 is 10.2. The van der Waals surface area contributed by atoms with E-state index in [4.69, 9.17) is 0 Å². The molecule has 1 heterocycles. The van der Waals surface area contributed by atoms with Crippen LogP contribution in [-0.4, -0.2) is 9.97 Å². The number of halogens is 3. The largest absolute Gasteiger partial charge is 0.306 e. The third kappa shape index (κ3) is 3.23. The number of nitrogens with zero attached hydrogens (tertiary/aromatic N) is 1. The summed E-state index contributed by atoms with van der Waals surface area (Å²) in [6.45, 7) is 6.09. The van der Waals surface area contributed by atoms with Crippen LogP contribution in [0, 0.1) is 0 Å². The van der Waals surface area contributed by atoms with Crippen LogP contribution in [0.25, 0.3) is 11.4 Å². The van der Waals surface area contributed by atoms with Crippen LogP contribution >= 0.6 is 47.8 Å². The van der Waals surface area contributed by atoms with Crippen molar-refractivity contribution in [3.8, 4) is 11.4 Å². The van der Waals surface area contributed by atoms with Gasteiger partial charge in [-0.1, -0.05) is 26.8 Å². The molecular weight excluding hydrogens is 452 g/mol. The SMILES string of the molecule is CC(C)(C)c1nc(-c2ccc(Br)c(Br)c2)[nH]c(=O)c1Br. The first-order valence-corrected chi connectivity index (χ1v) is 8.34. The van der Waals surface area contributed by atoms with E-state index in [0.29, 0.717) is 10.3 Å². The molecule has 0 amide bonds. The van der Waals surface area contributed by atoms with E-state index < -0.39 is 0 Å². The fraction of sp³-hybridized carbons (Fsp3) is 0.286. The van der Waals surface area contributed by atoms with Crippen LogP contribution in [0.5, 0.6) is 0 Å². The molecule has 106 valence electrons. The van der Waals surface area contributed by atoms with Crippen molar-refractivity contribution < 1.29 is 0 Å². The molecule has 0 spiro atoms. The highest BCUT2D eigenvalue weighted by molar-refractivity contribution is 9.13. The zero-order valence-corrected chi connectivity index (χ0v) is 16.0. The van der Waals surface area contributed by atoms with Gasteiger partial charge >= 0.3 is 0 Å². The zero-order valence-electron chi connectivity index (χ0n) is 11.2. The third-order valence-electron chi connectivity index (χ3n) is 2.77. The van der Waals surface area contributed by atoms with Gasteiger partial charge in [-0.3, -0.25) is 4.79 Å². The minimum Gasteiger partial charge on any atom is -0.306 e. The van der Waals surface area contributed by atoms with Crippen molar-refractivity contribution in [2.24, 2.45) is 0 Å². The Balaban J connectivity index is 2.67. The van der Waals surface area contributed by atoms with Crippen molar-refractivity contribution in [3.05, 3.63) is 47.7 Å². The van der Waals surface area contributed by atoms with Gasteiger partial charge in [0.2, 0.25) is 0 Å². The molecule has 2 rings (SSSR count). The maximum Gasteiger partial charge on any atom is 0.265 e. The minimum absolute atomic E-state index is 0.168. The van der Waals surface area contributed by atoms with Crippen LogP contribution < -0.4 is 5.56 Å². The molecule has 1 N–H and O–H groups in total. The van der Waals surface area contributed by atoms with Crippen molar-refractivity contribution in [2.75, 3.05) is 0 Å². The summed E-state index contributed by atoms with van der Waals surface area (Å²) in [5.41, 5.74) is 1.22. The average Bonchev–Trinajstić information content (AvgIpc) is 2.34. The molecule has 0 bridgehead atoms. The van der Waals surface area contributed by atoms with Crippen LogP contribution in [0.3, 0.4) is 0 Å². The Hall–Kier alpha value is -0.460. The fourth-order valence-electron chi connectivity index (χ4n) is 1.74. The summed E-state index contributed by atoms with van der Waals surface area (Å²) in [5.74, 6) is 0.566. The summed E-state index contributed by atoms with van der Waals surface area (Å²) in [4.78, 5) is 19.5. The van der Waals surface area contributed by atoms with E-state index in [1.54, 1.807) is 0 Å². The number of nitrogens with one attached hydrogen (secondary N) is 1. The van der Waals surface area contributed by atoms with Crippen molar-refractivity contribution in [3.63, 3.8) is 0 Å². The van der Waals surface area contributed by atoms with Gasteiger partial charge in [-0.2, -0.15) is 0 Å². The molecule has 6 heteroatoms. The second kappa shape index (κ2) is 5.73. The minimum atomic E-state index is -0.214. The van der Waals surface area contributed by atoms with Crippen LogP contribution in [-0.2, 0) is 5.41 Å². The highest BCUT2D eigenvalue weighted by atomic mass is 79.9. The molecule has 0 aliphatic heterocycles. The number of H-pyrrole nitrogens is 1. The normalized spacial score (nSPS) is 11.7. The Morgan fingerprint density at radius 1 is 1.10 bits per heavy atom. The molecule has 0 saturated carbocycles. The number of aromatic nitrogens is 2. The third-order valence-corrected chi connectivity index (χ3v) is 5.38. The summed E-state index contributed by atoms with van der Waals surface area (Å²) in [5, 5.41) is 0. The van der Waals surface area contributed by atoms with Gasteiger partial charge < -0.3 is 4.98 Å². The second-order valence-electron chi connectivity index (χ2n) is 5.46. The molecular formula is C14H13Br3N2O. The lowest BCUT2D eigenvalue weighted by molar-refractivity contribution is 0.562. The van der Waals surface area contributed by atoms with Crippen molar-refractivity contribution >= 4 is 47.8 Å². The highest BCUT2D eigenvalue weighted by Crippen LogP contribution is 2.30. The number of hydrogen-bond donors (Lipinski definition) is 1. The van der Waals surface area contributed by atoms with E-state index in [-0.39, 0.29) is 11.0 Å². The molecule has 0 atom stereocenters. The Bertz CT molecular complexity index is 717. The molecule has 20 heavy (non-hydrogen) atoms. The maximum atomic E-state index is 12.1. The van der Waals surface area contributed by atoms with Gasteiger partial charge in [0.25, 0.3) is 5.56 Å². The summed E-state index contributed by atoms with van der Waals surface area (Å²) in [6, 6.07) is 5.74. The van der Waals surface area contributed by atoms with Gasteiger partial charge in [0.1, 0.15) is 10.3 Å². The molecule has 0 aliphatic carbocycles. The van der Waals surface area contributed by atoms with E-state index in [1.807, 2.05) is 39.0 Å². The first kappa shape index (κ1) is 15.9. The molecule has 0 saturated heterocycles. The Labute approximate surface area is 142 Å². The first-order valence-electron chi connectivity index (χ1n) is 5.96. The lowest BCUT2D eigenvalue weighted by Crippen LogP contribution is -2.22. The highest BCUT2D eigenvalue weighted by Gasteiger charge is 2.22. The smallest absolute Gasteiger partial charge is 0.265 e. The van der Waals surface area contributed by atoms with Gasteiger partial charge in [-0.15, -0.1) is 0 Å². The fourth-order valence-corrected chi connectivity index (χ4v) is 3.14. The molecule has 1 aromatic carbocycles. The number of hydrogen-bond acceptors (Lipinski definition) is 2. The zero-order chi connectivity index (χ0) is 15.1. The molecule has 0 radical (unpaired) electrons. The number of aromatic amines is 1. The van der Waals surface area contributed by atoms with Crippen LogP contribution in [0.4, 0.5) is 0 Å². The quantitative estimate of drug-likeness (QED) is 0.644. The molecule has 2 aromatic rings. The molecule has 0 unspecified atom stereocenters. The summed E-state index contributed by atoms with van der Waals surface area (Å²) < 4.78 is 2.36. The topological polar surface area (TPSA) is 45.8 Å². The second-order valence-corrected chi connectivity index (χ2v) is 7.96. The van der Waals surface area contributed by atoms with Gasteiger partial charge in [0.05, 0.1) is 5.69 Å². The molecule has 0 aliphatic rings. The number of benzene rings is 1. The van der Waals surface area contributed by atoms with E-state index in [1.165, 1.54) is 0 Å². The van der Waals surface area contributed by atoms with Crippen LogP contribution in [0.1, 0.15) is 26.5 Å². The summed E-state index contributed by atoms with van der Waals surface area (Å²) in [7, 11) is 0. The van der Waals surface area contributed by atoms with E-state index in [0.717, 1.165) is 20.2 Å². The van der Waals surface area contributed by atoms with Crippen LogP contribution in [0.2, 0.25) is 0 Å². The Morgan fingerprint density at radius 3 is 2.30 bits per heavy atom. The van der Waals surface area contributed by atoms with E-state index in [2.05, 4.69) is 57.8 Å². The molecule has 1 aromatic heterocycles. The number of rotatable bonds is 1. The predicted octanol–water partition coefficient (Wildman–Crippen LogP) is 5.02. The standard InChI is InChI=1S/C14H13Br3N2O/c1-14(2,3)11-10(17)13(20)19-12(18-11)7-4-5-8(15)9(16)6-7/h4-6H,1-3H3,(H,18,19,20). The molecule has 0 fully saturated rings.